The molecule has 0 bridgehead atoms. The molecule has 2 heterocycles. The summed E-state index contributed by atoms with van der Waals surface area (Å²) in [5, 5.41) is 10.1. The van der Waals surface area contributed by atoms with Crippen LogP contribution in [0.5, 0.6) is 0 Å². The molecule has 10 heteroatoms. The maximum atomic E-state index is 13.4. The zero-order valence-electron chi connectivity index (χ0n) is 16.6. The Morgan fingerprint density at radius 2 is 1.87 bits per heavy atom. The van der Waals surface area contributed by atoms with Crippen molar-refractivity contribution in [3.8, 4) is 0 Å². The predicted octanol–water partition coefficient (Wildman–Crippen LogP) is 3.80. The van der Waals surface area contributed by atoms with Gasteiger partial charge in [0.2, 0.25) is 5.82 Å². The Hall–Kier alpha value is -3.69. The first kappa shape index (κ1) is 20.6. The number of rotatable bonds is 4. The van der Waals surface area contributed by atoms with Crippen LogP contribution in [0.2, 0.25) is 0 Å². The van der Waals surface area contributed by atoms with Crippen molar-refractivity contribution in [2.75, 3.05) is 0 Å². The van der Waals surface area contributed by atoms with Crippen LogP contribution in [0, 0.1) is 0 Å². The lowest BCUT2D eigenvalue weighted by Crippen LogP contribution is -2.24. The SMILES string of the molecule is CC(C)n1c(C(F)(F)F)nc2cc(C(=O)NCc3n[nH]c(=O)c4ccccc34)ccc21. The summed E-state index contributed by atoms with van der Waals surface area (Å²) >= 11 is 0. The summed E-state index contributed by atoms with van der Waals surface area (Å²) in [4.78, 5) is 28.2. The predicted molar refractivity (Wildman–Crippen MR) is 109 cm³/mol. The molecule has 4 rings (SSSR count). The fourth-order valence-electron chi connectivity index (χ4n) is 3.53. The number of hydrogen-bond acceptors (Lipinski definition) is 4. The van der Waals surface area contributed by atoms with Gasteiger partial charge >= 0.3 is 6.18 Å². The van der Waals surface area contributed by atoms with Crippen LogP contribution < -0.4 is 10.9 Å². The molecule has 0 saturated carbocycles. The number of nitrogens with zero attached hydrogens (tertiary/aromatic N) is 3. The average Bonchev–Trinajstić information content (AvgIpc) is 3.13. The normalized spacial score (nSPS) is 12.1. The molecule has 0 atom stereocenters. The first-order valence-corrected chi connectivity index (χ1v) is 9.50. The van der Waals surface area contributed by atoms with Crippen LogP contribution in [0.4, 0.5) is 13.2 Å². The van der Waals surface area contributed by atoms with E-state index in [9.17, 15) is 22.8 Å². The fraction of sp³-hybridized carbons (Fsp3) is 0.238. The number of alkyl halides is 3. The van der Waals surface area contributed by atoms with E-state index in [1.54, 1.807) is 38.1 Å². The zero-order valence-corrected chi connectivity index (χ0v) is 16.6. The molecule has 0 fully saturated rings. The first-order valence-electron chi connectivity index (χ1n) is 9.50. The van der Waals surface area contributed by atoms with Gasteiger partial charge in [0.25, 0.3) is 11.5 Å². The quantitative estimate of drug-likeness (QED) is 0.516. The van der Waals surface area contributed by atoms with E-state index >= 15 is 0 Å². The van der Waals surface area contributed by atoms with E-state index < -0.39 is 23.9 Å². The van der Waals surface area contributed by atoms with Crippen molar-refractivity contribution < 1.29 is 18.0 Å². The largest absolute Gasteiger partial charge is 0.449 e. The molecule has 160 valence electrons. The van der Waals surface area contributed by atoms with Crippen molar-refractivity contribution in [3.05, 3.63) is 69.9 Å². The monoisotopic (exact) mass is 429 g/mol. The van der Waals surface area contributed by atoms with E-state index in [2.05, 4.69) is 20.5 Å². The van der Waals surface area contributed by atoms with Gasteiger partial charge in [0, 0.05) is 17.0 Å². The highest BCUT2D eigenvalue weighted by Crippen LogP contribution is 2.33. The molecule has 0 radical (unpaired) electrons. The first-order chi connectivity index (χ1) is 14.7. The minimum Gasteiger partial charge on any atom is -0.346 e. The Labute approximate surface area is 173 Å². The topological polar surface area (TPSA) is 92.7 Å². The summed E-state index contributed by atoms with van der Waals surface area (Å²) in [5.41, 5.74) is 0.683. The van der Waals surface area contributed by atoms with Crippen molar-refractivity contribution in [1.82, 2.24) is 25.1 Å². The molecule has 31 heavy (non-hydrogen) atoms. The number of imidazole rings is 1. The van der Waals surface area contributed by atoms with Gasteiger partial charge < -0.3 is 9.88 Å². The number of carbonyl (C=O) groups is 1. The third-order valence-electron chi connectivity index (χ3n) is 4.91. The van der Waals surface area contributed by atoms with E-state index in [1.165, 1.54) is 18.2 Å². The smallest absolute Gasteiger partial charge is 0.346 e. The van der Waals surface area contributed by atoms with Gasteiger partial charge in [0.05, 0.1) is 28.7 Å². The second-order valence-corrected chi connectivity index (χ2v) is 7.33. The zero-order chi connectivity index (χ0) is 22.3. The van der Waals surface area contributed by atoms with E-state index in [-0.39, 0.29) is 23.2 Å². The Kier molecular flexibility index (Phi) is 5.00. The van der Waals surface area contributed by atoms with E-state index in [0.717, 1.165) is 4.57 Å². The van der Waals surface area contributed by atoms with Crippen LogP contribution in [-0.2, 0) is 12.7 Å². The summed E-state index contributed by atoms with van der Waals surface area (Å²) in [7, 11) is 0. The van der Waals surface area contributed by atoms with Crippen LogP contribution >= 0.6 is 0 Å². The number of aromatic amines is 1. The number of hydrogen-bond donors (Lipinski definition) is 2. The highest BCUT2D eigenvalue weighted by atomic mass is 19.4. The molecule has 0 unspecified atom stereocenters. The third kappa shape index (κ3) is 3.76. The van der Waals surface area contributed by atoms with Gasteiger partial charge in [-0.3, -0.25) is 9.59 Å². The number of H-pyrrole nitrogens is 1. The van der Waals surface area contributed by atoms with Gasteiger partial charge in [-0.25, -0.2) is 10.1 Å². The molecule has 0 aliphatic heterocycles. The van der Waals surface area contributed by atoms with E-state index in [0.29, 0.717) is 22.0 Å². The second-order valence-electron chi connectivity index (χ2n) is 7.33. The van der Waals surface area contributed by atoms with Gasteiger partial charge in [-0.15, -0.1) is 0 Å². The summed E-state index contributed by atoms with van der Waals surface area (Å²) in [6.45, 7) is 3.30. The van der Waals surface area contributed by atoms with Crippen molar-refractivity contribution in [3.63, 3.8) is 0 Å². The maximum absolute atomic E-state index is 13.4. The van der Waals surface area contributed by atoms with Gasteiger partial charge in [0.15, 0.2) is 0 Å². The maximum Gasteiger partial charge on any atom is 0.449 e. The Morgan fingerprint density at radius 3 is 2.55 bits per heavy atom. The van der Waals surface area contributed by atoms with Gasteiger partial charge in [0.1, 0.15) is 0 Å². The average molecular weight is 429 g/mol. The van der Waals surface area contributed by atoms with Crippen LogP contribution in [0.1, 0.15) is 41.8 Å². The van der Waals surface area contributed by atoms with Crippen molar-refractivity contribution >= 4 is 27.7 Å². The molecular formula is C21H18F3N5O2. The molecule has 7 nitrogen and oxygen atoms in total. The molecule has 0 aliphatic carbocycles. The second kappa shape index (κ2) is 7.53. The van der Waals surface area contributed by atoms with Crippen LogP contribution in [-0.4, -0.2) is 25.7 Å². The van der Waals surface area contributed by atoms with Crippen molar-refractivity contribution in [2.24, 2.45) is 0 Å². The van der Waals surface area contributed by atoms with E-state index in [1.807, 2.05) is 0 Å². The lowest BCUT2D eigenvalue weighted by Gasteiger charge is -2.14. The Bertz CT molecular complexity index is 1350. The van der Waals surface area contributed by atoms with Gasteiger partial charge in [-0.05, 0) is 38.1 Å². The fourth-order valence-corrected chi connectivity index (χ4v) is 3.53. The third-order valence-corrected chi connectivity index (χ3v) is 4.91. The highest BCUT2D eigenvalue weighted by Gasteiger charge is 2.38. The summed E-state index contributed by atoms with van der Waals surface area (Å²) < 4.78 is 41.2. The van der Waals surface area contributed by atoms with Gasteiger partial charge in [-0.1, -0.05) is 18.2 Å². The molecule has 2 N–H and O–H groups in total. The molecule has 0 aliphatic rings. The lowest BCUT2D eigenvalue weighted by atomic mass is 10.1. The molecular weight excluding hydrogens is 411 g/mol. The summed E-state index contributed by atoms with van der Waals surface area (Å²) in [6.07, 6.45) is -4.61. The molecule has 0 saturated heterocycles. The Balaban J connectivity index is 1.63. The molecule has 1 amide bonds. The molecule has 2 aromatic heterocycles. The number of halogens is 3. The van der Waals surface area contributed by atoms with Crippen LogP contribution in [0.3, 0.4) is 0 Å². The molecule has 2 aromatic carbocycles. The lowest BCUT2D eigenvalue weighted by molar-refractivity contribution is -0.147. The number of carbonyl (C=O) groups excluding carboxylic acids is 1. The van der Waals surface area contributed by atoms with Gasteiger partial charge in [-0.2, -0.15) is 18.3 Å². The Morgan fingerprint density at radius 1 is 1.16 bits per heavy atom. The van der Waals surface area contributed by atoms with Crippen LogP contribution in [0.25, 0.3) is 21.8 Å². The number of benzene rings is 2. The highest BCUT2D eigenvalue weighted by molar-refractivity contribution is 5.97. The standard InChI is InChI=1S/C21H18F3N5O2/c1-11(2)29-17-8-7-12(9-15(17)26-20(29)21(22,23)24)18(30)25-10-16-13-5-3-4-6-14(13)19(31)28-27-16/h3-9,11H,10H2,1-2H3,(H,25,30)(H,28,31). The number of amides is 1. The molecule has 4 aromatic rings. The number of fused-ring (bicyclic) bond motifs is 2. The minimum atomic E-state index is -4.61. The summed E-state index contributed by atoms with van der Waals surface area (Å²) in [5.74, 6) is -1.49. The minimum absolute atomic E-state index is 0.0302. The summed E-state index contributed by atoms with van der Waals surface area (Å²) in [6, 6.07) is 10.6. The van der Waals surface area contributed by atoms with E-state index in [4.69, 9.17) is 0 Å². The van der Waals surface area contributed by atoms with Crippen LogP contribution in [0.15, 0.2) is 47.3 Å². The van der Waals surface area contributed by atoms with Crippen molar-refractivity contribution in [2.45, 2.75) is 32.6 Å². The molecule has 0 spiro atoms. The number of nitrogens with one attached hydrogen (secondary N) is 2. The number of aromatic nitrogens is 4. The van der Waals surface area contributed by atoms with Crippen molar-refractivity contribution in [1.29, 1.82) is 0 Å².